The van der Waals surface area contributed by atoms with Crippen LogP contribution in [0.25, 0.3) is 0 Å². The molecule has 4 heteroatoms. The minimum atomic E-state index is -0.661. The lowest BCUT2D eigenvalue weighted by molar-refractivity contribution is -0.143. The van der Waals surface area contributed by atoms with Gasteiger partial charge in [0.1, 0.15) is 0 Å². The van der Waals surface area contributed by atoms with Crippen LogP contribution in [0.1, 0.15) is 44.9 Å². The van der Waals surface area contributed by atoms with Crippen molar-refractivity contribution in [1.29, 1.82) is 0 Å². The van der Waals surface area contributed by atoms with E-state index in [1.807, 2.05) is 0 Å². The van der Waals surface area contributed by atoms with Gasteiger partial charge in [0.25, 0.3) is 0 Å². The van der Waals surface area contributed by atoms with Crippen LogP contribution in [0.2, 0.25) is 0 Å². The molecule has 2 unspecified atom stereocenters. The molecular weight excluding hydrogens is 218 g/mol. The number of carbonyl (C=O) groups is 1. The molecule has 17 heavy (non-hydrogen) atoms. The van der Waals surface area contributed by atoms with Crippen molar-refractivity contribution in [3.8, 4) is 0 Å². The normalized spacial score (nSPS) is 33.2. The van der Waals surface area contributed by atoms with Crippen molar-refractivity contribution in [3.63, 3.8) is 0 Å². The van der Waals surface area contributed by atoms with Crippen molar-refractivity contribution in [2.24, 2.45) is 5.92 Å². The molecule has 2 aliphatic rings. The quantitative estimate of drug-likeness (QED) is 0.719. The summed E-state index contributed by atoms with van der Waals surface area (Å²) in [5.41, 5.74) is 0. The van der Waals surface area contributed by atoms with Crippen molar-refractivity contribution >= 4 is 5.97 Å². The molecule has 0 aromatic rings. The van der Waals surface area contributed by atoms with E-state index in [9.17, 15) is 9.90 Å². The van der Waals surface area contributed by atoms with Gasteiger partial charge in [-0.25, -0.2) is 0 Å². The Morgan fingerprint density at radius 3 is 2.29 bits per heavy atom. The van der Waals surface area contributed by atoms with Crippen molar-refractivity contribution in [3.05, 3.63) is 0 Å². The van der Waals surface area contributed by atoms with Crippen LogP contribution >= 0.6 is 0 Å². The Balaban J connectivity index is 1.88. The monoisotopic (exact) mass is 241 g/mol. The third kappa shape index (κ3) is 3.19. The molecule has 0 bridgehead atoms. The summed E-state index contributed by atoms with van der Waals surface area (Å²) < 4.78 is 0. The van der Waals surface area contributed by atoms with Crippen LogP contribution in [0.15, 0.2) is 0 Å². The van der Waals surface area contributed by atoms with Crippen LogP contribution in [0.5, 0.6) is 0 Å². The first-order chi connectivity index (χ1) is 8.18. The Morgan fingerprint density at radius 1 is 1.00 bits per heavy atom. The van der Waals surface area contributed by atoms with Gasteiger partial charge in [0.2, 0.25) is 0 Å². The number of hydrogen-bond acceptors (Lipinski definition) is 3. The average molecular weight is 241 g/mol. The SMILES string of the molecule is O=C(O)C1CCN(C2CCCCCC2O)CC1. The van der Waals surface area contributed by atoms with Crippen molar-refractivity contribution in [2.45, 2.75) is 57.1 Å². The standard InChI is InChI=1S/C13H23NO3/c15-12-5-3-1-2-4-11(12)14-8-6-10(7-9-14)13(16)17/h10-12,15H,1-9H2,(H,16,17). The second-order valence-corrected chi connectivity index (χ2v) is 5.42. The lowest BCUT2D eigenvalue weighted by Gasteiger charge is -2.38. The first-order valence-corrected chi connectivity index (χ1v) is 6.83. The highest BCUT2D eigenvalue weighted by atomic mass is 16.4. The van der Waals surface area contributed by atoms with E-state index in [-0.39, 0.29) is 18.1 Å². The molecule has 1 aliphatic carbocycles. The Morgan fingerprint density at radius 2 is 1.65 bits per heavy atom. The number of likely N-dealkylation sites (tertiary alicyclic amines) is 1. The molecule has 0 amide bonds. The van der Waals surface area contributed by atoms with Crippen molar-refractivity contribution in [1.82, 2.24) is 4.90 Å². The third-order valence-electron chi connectivity index (χ3n) is 4.29. The number of aliphatic hydroxyl groups excluding tert-OH is 1. The van der Waals surface area contributed by atoms with Crippen LogP contribution < -0.4 is 0 Å². The number of carboxylic acid groups (broad SMARTS) is 1. The van der Waals surface area contributed by atoms with E-state index < -0.39 is 5.97 Å². The molecule has 98 valence electrons. The van der Waals surface area contributed by atoms with E-state index in [2.05, 4.69) is 4.90 Å². The Kier molecular flexibility index (Phi) is 4.40. The first-order valence-electron chi connectivity index (χ1n) is 6.83. The molecule has 2 fully saturated rings. The van der Waals surface area contributed by atoms with E-state index in [4.69, 9.17) is 5.11 Å². The van der Waals surface area contributed by atoms with E-state index >= 15 is 0 Å². The molecule has 1 saturated heterocycles. The van der Waals surface area contributed by atoms with Gasteiger partial charge < -0.3 is 10.2 Å². The van der Waals surface area contributed by atoms with Gasteiger partial charge in [-0.3, -0.25) is 9.69 Å². The zero-order valence-electron chi connectivity index (χ0n) is 10.3. The predicted molar refractivity (Wildman–Crippen MR) is 64.8 cm³/mol. The summed E-state index contributed by atoms with van der Waals surface area (Å²) in [5, 5.41) is 19.1. The fourth-order valence-electron chi connectivity index (χ4n) is 3.17. The van der Waals surface area contributed by atoms with Crippen molar-refractivity contribution in [2.75, 3.05) is 13.1 Å². The minimum absolute atomic E-state index is 0.172. The van der Waals surface area contributed by atoms with Gasteiger partial charge in [-0.1, -0.05) is 19.3 Å². The number of nitrogens with zero attached hydrogens (tertiary/aromatic N) is 1. The second-order valence-electron chi connectivity index (χ2n) is 5.42. The van der Waals surface area contributed by atoms with Gasteiger partial charge in [-0.2, -0.15) is 0 Å². The summed E-state index contributed by atoms with van der Waals surface area (Å²) in [6, 6.07) is 0.271. The molecule has 2 atom stereocenters. The maximum Gasteiger partial charge on any atom is 0.306 e. The smallest absolute Gasteiger partial charge is 0.306 e. The highest BCUT2D eigenvalue weighted by Gasteiger charge is 2.32. The third-order valence-corrected chi connectivity index (χ3v) is 4.29. The van der Waals surface area contributed by atoms with Crippen LogP contribution in [-0.4, -0.2) is 46.3 Å². The van der Waals surface area contributed by atoms with Gasteiger partial charge in [-0.05, 0) is 38.8 Å². The van der Waals surface area contributed by atoms with Gasteiger partial charge in [-0.15, -0.1) is 0 Å². The summed E-state index contributed by atoms with van der Waals surface area (Å²) >= 11 is 0. The summed E-state index contributed by atoms with van der Waals surface area (Å²) in [7, 11) is 0. The molecule has 0 spiro atoms. The number of piperidine rings is 1. The fraction of sp³-hybridized carbons (Fsp3) is 0.923. The van der Waals surface area contributed by atoms with Crippen LogP contribution in [-0.2, 0) is 4.79 Å². The van der Waals surface area contributed by atoms with Crippen LogP contribution in [0.4, 0.5) is 0 Å². The number of aliphatic hydroxyl groups is 1. The molecule has 2 N–H and O–H groups in total. The highest BCUT2D eigenvalue weighted by Crippen LogP contribution is 2.26. The molecule has 1 heterocycles. The minimum Gasteiger partial charge on any atom is -0.481 e. The Labute approximate surface area is 103 Å². The number of hydrogen-bond donors (Lipinski definition) is 2. The molecule has 0 radical (unpaired) electrons. The zero-order valence-corrected chi connectivity index (χ0v) is 10.3. The number of carboxylic acids is 1. The summed E-state index contributed by atoms with van der Waals surface area (Å²) in [4.78, 5) is 13.2. The van der Waals surface area contributed by atoms with E-state index in [1.54, 1.807) is 0 Å². The van der Waals surface area contributed by atoms with E-state index in [1.165, 1.54) is 12.8 Å². The summed E-state index contributed by atoms with van der Waals surface area (Å²) in [5.74, 6) is -0.833. The maximum absolute atomic E-state index is 10.9. The number of aliphatic carboxylic acids is 1. The topological polar surface area (TPSA) is 60.8 Å². The Bertz CT molecular complexity index is 261. The first kappa shape index (κ1) is 12.8. The fourth-order valence-corrected chi connectivity index (χ4v) is 3.17. The zero-order chi connectivity index (χ0) is 12.3. The summed E-state index contributed by atoms with van der Waals surface area (Å²) in [6.45, 7) is 1.66. The molecule has 1 aliphatic heterocycles. The summed E-state index contributed by atoms with van der Waals surface area (Å²) in [6.07, 6.45) is 6.78. The Hall–Kier alpha value is -0.610. The highest BCUT2D eigenvalue weighted by molar-refractivity contribution is 5.70. The maximum atomic E-state index is 10.9. The lowest BCUT2D eigenvalue weighted by atomic mass is 9.94. The van der Waals surface area contributed by atoms with Gasteiger partial charge >= 0.3 is 5.97 Å². The predicted octanol–water partition coefficient (Wildman–Crippen LogP) is 1.48. The van der Waals surface area contributed by atoms with Gasteiger partial charge in [0.15, 0.2) is 0 Å². The van der Waals surface area contributed by atoms with Crippen LogP contribution in [0.3, 0.4) is 0 Å². The van der Waals surface area contributed by atoms with Crippen LogP contribution in [0, 0.1) is 5.92 Å². The molecule has 2 rings (SSSR count). The van der Waals surface area contributed by atoms with Gasteiger partial charge in [0.05, 0.1) is 12.0 Å². The average Bonchev–Trinajstić information content (AvgIpc) is 2.54. The molecule has 1 saturated carbocycles. The number of rotatable bonds is 2. The largest absolute Gasteiger partial charge is 0.481 e. The van der Waals surface area contributed by atoms with Crippen molar-refractivity contribution < 1.29 is 15.0 Å². The molecular formula is C13H23NO3. The van der Waals surface area contributed by atoms with Gasteiger partial charge in [0, 0.05) is 6.04 Å². The molecule has 0 aromatic heterocycles. The lowest BCUT2D eigenvalue weighted by Crippen LogP contribution is -2.47. The molecule has 0 aromatic carbocycles. The van der Waals surface area contributed by atoms with E-state index in [0.29, 0.717) is 0 Å². The second kappa shape index (κ2) is 5.83. The van der Waals surface area contributed by atoms with E-state index in [0.717, 1.165) is 45.2 Å². The molecule has 4 nitrogen and oxygen atoms in total.